The first-order valence-electron chi connectivity index (χ1n) is 6.46. The van der Waals surface area contributed by atoms with Crippen LogP contribution in [0.15, 0.2) is 34.7 Å². The molecule has 0 atom stereocenters. The first kappa shape index (κ1) is 12.0. The van der Waals surface area contributed by atoms with E-state index < -0.39 is 5.97 Å². The molecule has 1 saturated carbocycles. The van der Waals surface area contributed by atoms with Crippen LogP contribution in [0.5, 0.6) is 0 Å². The van der Waals surface area contributed by atoms with E-state index in [9.17, 15) is 4.79 Å². The molecule has 4 nitrogen and oxygen atoms in total. The molecule has 0 aliphatic heterocycles. The number of aromatic carboxylic acids is 1. The number of oxazole rings is 1. The Labute approximate surface area is 111 Å². The summed E-state index contributed by atoms with van der Waals surface area (Å²) in [4.78, 5) is 15.6. The van der Waals surface area contributed by atoms with Crippen molar-refractivity contribution < 1.29 is 14.3 Å². The van der Waals surface area contributed by atoms with E-state index in [1.165, 1.54) is 0 Å². The second kappa shape index (κ2) is 4.23. The van der Waals surface area contributed by atoms with Crippen LogP contribution in [0.4, 0.5) is 0 Å². The van der Waals surface area contributed by atoms with Gasteiger partial charge >= 0.3 is 5.97 Å². The zero-order valence-electron chi connectivity index (χ0n) is 10.7. The lowest BCUT2D eigenvalue weighted by molar-refractivity contribution is 0.0658. The van der Waals surface area contributed by atoms with E-state index in [4.69, 9.17) is 9.52 Å². The molecule has 0 radical (unpaired) electrons. The molecule has 0 spiro atoms. The predicted molar refractivity (Wildman–Crippen MR) is 69.3 cm³/mol. The maximum Gasteiger partial charge on any atom is 0.373 e. The minimum absolute atomic E-state index is 0.0142. The van der Waals surface area contributed by atoms with Gasteiger partial charge in [-0.15, -0.1) is 0 Å². The SMILES string of the molecule is CCc1nc(C2(c3ccccc3)CC2)oc1C(=O)O. The van der Waals surface area contributed by atoms with Crippen LogP contribution < -0.4 is 0 Å². The highest BCUT2D eigenvalue weighted by atomic mass is 16.4. The first-order chi connectivity index (χ1) is 9.17. The van der Waals surface area contributed by atoms with E-state index in [0.717, 1.165) is 18.4 Å². The Hall–Kier alpha value is -2.10. The molecule has 1 aromatic heterocycles. The highest BCUT2D eigenvalue weighted by molar-refractivity contribution is 5.85. The molecule has 1 aromatic carbocycles. The highest BCUT2D eigenvalue weighted by Crippen LogP contribution is 2.53. The van der Waals surface area contributed by atoms with Gasteiger partial charge in [-0.05, 0) is 24.8 Å². The summed E-state index contributed by atoms with van der Waals surface area (Å²) in [6, 6.07) is 10.0. The summed E-state index contributed by atoms with van der Waals surface area (Å²) in [6.45, 7) is 1.89. The normalized spacial score (nSPS) is 16.3. The Bertz CT molecular complexity index is 612. The van der Waals surface area contributed by atoms with Gasteiger partial charge < -0.3 is 9.52 Å². The molecule has 98 valence electrons. The molecule has 1 aliphatic carbocycles. The van der Waals surface area contributed by atoms with Crippen LogP contribution in [0.2, 0.25) is 0 Å². The molecular formula is C15H15NO3. The van der Waals surface area contributed by atoms with Crippen LogP contribution in [0.25, 0.3) is 0 Å². The highest BCUT2D eigenvalue weighted by Gasteiger charge is 2.50. The molecule has 0 bridgehead atoms. The number of benzene rings is 1. The Morgan fingerprint density at radius 1 is 1.37 bits per heavy atom. The molecule has 1 heterocycles. The van der Waals surface area contributed by atoms with Crippen molar-refractivity contribution in [3.63, 3.8) is 0 Å². The van der Waals surface area contributed by atoms with E-state index in [1.807, 2.05) is 37.3 Å². The summed E-state index contributed by atoms with van der Waals surface area (Å²) in [5.41, 5.74) is 1.47. The Morgan fingerprint density at radius 2 is 2.05 bits per heavy atom. The first-order valence-corrected chi connectivity index (χ1v) is 6.46. The van der Waals surface area contributed by atoms with Crippen molar-refractivity contribution in [2.24, 2.45) is 0 Å². The van der Waals surface area contributed by atoms with Gasteiger partial charge in [0.05, 0.1) is 11.1 Å². The Balaban J connectivity index is 2.06. The molecular weight excluding hydrogens is 242 g/mol. The lowest BCUT2D eigenvalue weighted by Gasteiger charge is -2.10. The summed E-state index contributed by atoms with van der Waals surface area (Å²) in [5, 5.41) is 9.13. The fourth-order valence-corrected chi connectivity index (χ4v) is 2.47. The summed E-state index contributed by atoms with van der Waals surface area (Å²) in [6.07, 6.45) is 2.48. The van der Waals surface area contributed by atoms with E-state index in [2.05, 4.69) is 4.98 Å². The number of aryl methyl sites for hydroxylation is 1. The topological polar surface area (TPSA) is 63.3 Å². The zero-order valence-corrected chi connectivity index (χ0v) is 10.7. The van der Waals surface area contributed by atoms with Crippen molar-refractivity contribution in [2.75, 3.05) is 0 Å². The number of carboxylic acid groups (broad SMARTS) is 1. The molecule has 2 aromatic rings. The van der Waals surface area contributed by atoms with Crippen LogP contribution in [-0.4, -0.2) is 16.1 Å². The number of nitrogens with zero attached hydrogens (tertiary/aromatic N) is 1. The lowest BCUT2D eigenvalue weighted by atomic mass is 9.96. The third-order valence-electron chi connectivity index (χ3n) is 3.71. The second-order valence-electron chi connectivity index (χ2n) is 4.90. The van der Waals surface area contributed by atoms with Gasteiger partial charge in [-0.1, -0.05) is 37.3 Å². The summed E-state index contributed by atoms with van der Waals surface area (Å²) in [7, 11) is 0. The fraction of sp³-hybridized carbons (Fsp3) is 0.333. The van der Waals surface area contributed by atoms with E-state index in [1.54, 1.807) is 0 Å². The number of carbonyl (C=O) groups is 1. The summed E-state index contributed by atoms with van der Waals surface area (Å²) < 4.78 is 5.54. The van der Waals surface area contributed by atoms with Gasteiger partial charge in [0, 0.05) is 0 Å². The van der Waals surface area contributed by atoms with Crippen molar-refractivity contribution in [2.45, 2.75) is 31.6 Å². The number of carboxylic acids is 1. The average Bonchev–Trinajstić information content (AvgIpc) is 3.12. The molecule has 0 unspecified atom stereocenters. The number of rotatable bonds is 4. The molecule has 1 aliphatic rings. The number of hydrogen-bond donors (Lipinski definition) is 1. The molecule has 1 fully saturated rings. The van der Waals surface area contributed by atoms with Crippen LogP contribution >= 0.6 is 0 Å². The molecule has 1 N–H and O–H groups in total. The van der Waals surface area contributed by atoms with Gasteiger partial charge in [-0.2, -0.15) is 0 Å². The van der Waals surface area contributed by atoms with Crippen molar-refractivity contribution in [3.8, 4) is 0 Å². The molecule has 0 amide bonds. The summed E-state index contributed by atoms with van der Waals surface area (Å²) >= 11 is 0. The predicted octanol–water partition coefficient (Wildman–Crippen LogP) is 3.02. The lowest BCUT2D eigenvalue weighted by Crippen LogP contribution is -2.08. The van der Waals surface area contributed by atoms with Crippen LogP contribution in [0.1, 0.15) is 47.5 Å². The molecule has 0 saturated heterocycles. The minimum atomic E-state index is -1.04. The van der Waals surface area contributed by atoms with Gasteiger partial charge in [-0.25, -0.2) is 9.78 Å². The number of hydrogen-bond acceptors (Lipinski definition) is 3. The maximum atomic E-state index is 11.1. The zero-order chi connectivity index (χ0) is 13.5. The van der Waals surface area contributed by atoms with Gasteiger partial charge in [0.25, 0.3) is 0 Å². The standard InChI is InChI=1S/C15H15NO3/c1-2-11-12(13(17)18)19-14(16-11)15(8-9-15)10-6-4-3-5-7-10/h3-7H,2,8-9H2,1H3,(H,17,18). The molecule has 4 heteroatoms. The van der Waals surface area contributed by atoms with Gasteiger partial charge in [0.1, 0.15) is 0 Å². The summed E-state index contributed by atoms with van der Waals surface area (Å²) in [5.74, 6) is -0.507. The Morgan fingerprint density at radius 3 is 2.53 bits per heavy atom. The monoisotopic (exact) mass is 257 g/mol. The maximum absolute atomic E-state index is 11.1. The molecule has 3 rings (SSSR count). The third-order valence-corrected chi connectivity index (χ3v) is 3.71. The Kier molecular flexibility index (Phi) is 2.66. The van der Waals surface area contributed by atoms with Crippen LogP contribution in [0, 0.1) is 0 Å². The van der Waals surface area contributed by atoms with Crippen molar-refractivity contribution >= 4 is 5.97 Å². The third kappa shape index (κ3) is 1.84. The second-order valence-corrected chi connectivity index (χ2v) is 4.90. The van der Waals surface area contributed by atoms with Crippen LogP contribution in [-0.2, 0) is 11.8 Å². The van der Waals surface area contributed by atoms with Gasteiger partial charge in [-0.3, -0.25) is 0 Å². The largest absolute Gasteiger partial charge is 0.475 e. The number of aromatic nitrogens is 1. The van der Waals surface area contributed by atoms with Gasteiger partial charge in [0.15, 0.2) is 0 Å². The van der Waals surface area contributed by atoms with Gasteiger partial charge in [0.2, 0.25) is 11.7 Å². The van der Waals surface area contributed by atoms with Crippen molar-refractivity contribution in [1.29, 1.82) is 0 Å². The van der Waals surface area contributed by atoms with E-state index >= 15 is 0 Å². The van der Waals surface area contributed by atoms with E-state index in [-0.39, 0.29) is 11.2 Å². The van der Waals surface area contributed by atoms with Crippen LogP contribution in [0.3, 0.4) is 0 Å². The van der Waals surface area contributed by atoms with E-state index in [0.29, 0.717) is 18.0 Å². The average molecular weight is 257 g/mol. The minimum Gasteiger partial charge on any atom is -0.475 e. The quantitative estimate of drug-likeness (QED) is 0.914. The fourth-order valence-electron chi connectivity index (χ4n) is 2.47. The van der Waals surface area contributed by atoms with Crippen molar-refractivity contribution in [3.05, 3.63) is 53.2 Å². The van der Waals surface area contributed by atoms with Crippen molar-refractivity contribution in [1.82, 2.24) is 4.98 Å². The smallest absolute Gasteiger partial charge is 0.373 e. The molecule has 19 heavy (non-hydrogen) atoms.